The molecule has 0 bridgehead atoms. The number of amides is 2. The maximum absolute atomic E-state index is 11.8. The first kappa shape index (κ1) is 16.9. The van der Waals surface area contributed by atoms with E-state index in [2.05, 4.69) is 10.6 Å². The van der Waals surface area contributed by atoms with Gasteiger partial charge in [0.2, 0.25) is 0 Å². The summed E-state index contributed by atoms with van der Waals surface area (Å²) in [5, 5.41) is 15.8. The highest BCUT2D eigenvalue weighted by atomic mass is 35.5. The van der Waals surface area contributed by atoms with E-state index in [0.717, 1.165) is 31.4 Å². The third-order valence-electron chi connectivity index (χ3n) is 3.73. The third-order valence-corrected chi connectivity index (χ3v) is 3.98. The summed E-state index contributed by atoms with van der Waals surface area (Å²) in [6.45, 7) is 2.32. The molecule has 1 unspecified atom stereocenters. The zero-order valence-electron chi connectivity index (χ0n) is 12.7. The molecular weight excluding hydrogens is 304 g/mol. The summed E-state index contributed by atoms with van der Waals surface area (Å²) in [6, 6.07) is 7.09. The van der Waals surface area contributed by atoms with Crippen LogP contribution in [0.3, 0.4) is 0 Å². The van der Waals surface area contributed by atoms with E-state index in [0.29, 0.717) is 11.6 Å². The van der Waals surface area contributed by atoms with Crippen LogP contribution < -0.4 is 15.4 Å². The van der Waals surface area contributed by atoms with E-state index in [1.165, 1.54) is 0 Å². The first-order valence-corrected chi connectivity index (χ1v) is 8.05. The molecule has 2 rings (SSSR count). The fourth-order valence-electron chi connectivity index (χ4n) is 2.48. The molecule has 0 heterocycles. The van der Waals surface area contributed by atoms with Gasteiger partial charge in [-0.3, -0.25) is 0 Å². The molecule has 1 aromatic carbocycles. The number of aliphatic hydroxyl groups is 1. The molecule has 0 aromatic heterocycles. The third kappa shape index (κ3) is 5.73. The zero-order valence-corrected chi connectivity index (χ0v) is 13.5. The summed E-state index contributed by atoms with van der Waals surface area (Å²) in [7, 11) is 0. The highest BCUT2D eigenvalue weighted by molar-refractivity contribution is 6.30. The van der Waals surface area contributed by atoms with Gasteiger partial charge in [0, 0.05) is 11.1 Å². The highest BCUT2D eigenvalue weighted by Crippen LogP contribution is 2.18. The van der Waals surface area contributed by atoms with E-state index < -0.39 is 0 Å². The van der Waals surface area contributed by atoms with Gasteiger partial charge in [0.15, 0.2) is 0 Å². The van der Waals surface area contributed by atoms with Crippen LogP contribution in [0.15, 0.2) is 24.3 Å². The first-order valence-electron chi connectivity index (χ1n) is 7.67. The van der Waals surface area contributed by atoms with Crippen molar-refractivity contribution in [3.05, 3.63) is 29.3 Å². The molecule has 3 N–H and O–H groups in total. The Bertz CT molecular complexity index is 473. The summed E-state index contributed by atoms with van der Waals surface area (Å²) in [5.41, 5.74) is 0. The number of carbonyl (C=O) groups is 1. The molecule has 1 aliphatic rings. The minimum absolute atomic E-state index is 0.139. The summed E-state index contributed by atoms with van der Waals surface area (Å²) in [4.78, 5) is 11.8. The SMILES string of the molecule is CC(CNC(=O)NC1CCC(O)CC1)Oc1ccc(Cl)cc1. The van der Waals surface area contributed by atoms with Gasteiger partial charge in [-0.2, -0.15) is 0 Å². The van der Waals surface area contributed by atoms with Crippen LogP contribution in [0, 0.1) is 0 Å². The van der Waals surface area contributed by atoms with Gasteiger partial charge in [-0.25, -0.2) is 4.79 Å². The van der Waals surface area contributed by atoms with Crippen molar-refractivity contribution in [3.8, 4) is 5.75 Å². The summed E-state index contributed by atoms with van der Waals surface area (Å²) < 4.78 is 5.69. The molecule has 22 heavy (non-hydrogen) atoms. The van der Waals surface area contributed by atoms with Gasteiger partial charge in [0.05, 0.1) is 12.6 Å². The molecule has 0 saturated heterocycles. The van der Waals surface area contributed by atoms with Crippen molar-refractivity contribution in [2.24, 2.45) is 0 Å². The number of nitrogens with one attached hydrogen (secondary N) is 2. The van der Waals surface area contributed by atoms with Crippen molar-refractivity contribution in [1.29, 1.82) is 0 Å². The lowest BCUT2D eigenvalue weighted by Crippen LogP contribution is -2.46. The maximum atomic E-state index is 11.8. The Morgan fingerprint density at radius 1 is 1.32 bits per heavy atom. The summed E-state index contributed by atoms with van der Waals surface area (Å²) in [6.07, 6.45) is 2.80. The highest BCUT2D eigenvalue weighted by Gasteiger charge is 2.20. The van der Waals surface area contributed by atoms with Crippen molar-refractivity contribution in [3.63, 3.8) is 0 Å². The summed E-state index contributed by atoms with van der Waals surface area (Å²) >= 11 is 5.82. The topological polar surface area (TPSA) is 70.6 Å². The van der Waals surface area contributed by atoms with Crippen molar-refractivity contribution >= 4 is 17.6 Å². The van der Waals surface area contributed by atoms with E-state index in [1.54, 1.807) is 24.3 Å². The van der Waals surface area contributed by atoms with Crippen molar-refractivity contribution in [2.45, 2.75) is 50.9 Å². The van der Waals surface area contributed by atoms with Gasteiger partial charge in [0.1, 0.15) is 11.9 Å². The Morgan fingerprint density at radius 2 is 1.95 bits per heavy atom. The average Bonchev–Trinajstić information content (AvgIpc) is 2.50. The quantitative estimate of drug-likeness (QED) is 0.779. The Morgan fingerprint density at radius 3 is 2.59 bits per heavy atom. The number of carbonyl (C=O) groups excluding carboxylic acids is 1. The predicted octanol–water partition coefficient (Wildman–Crippen LogP) is 2.71. The first-order chi connectivity index (χ1) is 10.5. The van der Waals surface area contributed by atoms with Crippen molar-refractivity contribution in [2.75, 3.05) is 6.54 Å². The van der Waals surface area contributed by atoms with Crippen LogP contribution in [0.2, 0.25) is 5.02 Å². The molecule has 122 valence electrons. The van der Waals surface area contributed by atoms with Crippen LogP contribution in [0.25, 0.3) is 0 Å². The number of hydrogen-bond donors (Lipinski definition) is 3. The van der Waals surface area contributed by atoms with Gasteiger partial charge in [-0.1, -0.05) is 11.6 Å². The Kier molecular flexibility index (Phi) is 6.34. The fourth-order valence-corrected chi connectivity index (χ4v) is 2.61. The number of urea groups is 1. The molecule has 0 spiro atoms. The fraction of sp³-hybridized carbons (Fsp3) is 0.562. The van der Waals surface area contributed by atoms with Crippen LogP contribution in [0.5, 0.6) is 5.75 Å². The minimum Gasteiger partial charge on any atom is -0.489 e. The molecule has 0 aliphatic heterocycles. The predicted molar refractivity (Wildman–Crippen MR) is 86.3 cm³/mol. The molecule has 1 aromatic rings. The van der Waals surface area contributed by atoms with Crippen LogP contribution in [0.4, 0.5) is 4.79 Å². The van der Waals surface area contributed by atoms with Gasteiger partial charge < -0.3 is 20.5 Å². The molecule has 6 heteroatoms. The van der Waals surface area contributed by atoms with E-state index in [1.807, 2.05) is 6.92 Å². The van der Waals surface area contributed by atoms with Crippen molar-refractivity contribution < 1.29 is 14.6 Å². The number of ether oxygens (including phenoxy) is 1. The van der Waals surface area contributed by atoms with Gasteiger partial charge in [0.25, 0.3) is 0 Å². The van der Waals surface area contributed by atoms with Gasteiger partial charge in [-0.05, 0) is 56.9 Å². The Labute approximate surface area is 136 Å². The lowest BCUT2D eigenvalue weighted by Gasteiger charge is -2.26. The van der Waals surface area contributed by atoms with Crippen LogP contribution in [-0.4, -0.2) is 35.9 Å². The smallest absolute Gasteiger partial charge is 0.315 e. The molecule has 5 nitrogen and oxygen atoms in total. The summed E-state index contributed by atoms with van der Waals surface area (Å²) in [5.74, 6) is 0.723. The second-order valence-electron chi connectivity index (χ2n) is 5.74. The van der Waals surface area contributed by atoms with E-state index in [4.69, 9.17) is 16.3 Å². The molecule has 1 aliphatic carbocycles. The lowest BCUT2D eigenvalue weighted by molar-refractivity contribution is 0.117. The van der Waals surface area contributed by atoms with Gasteiger partial charge >= 0.3 is 6.03 Å². The van der Waals surface area contributed by atoms with Crippen LogP contribution in [0.1, 0.15) is 32.6 Å². The van der Waals surface area contributed by atoms with E-state index in [-0.39, 0.29) is 24.3 Å². The standard InChI is InChI=1S/C16H23ClN2O3/c1-11(22-15-8-2-12(17)3-9-15)10-18-16(21)19-13-4-6-14(20)7-5-13/h2-3,8-9,11,13-14,20H,4-7,10H2,1H3,(H2,18,19,21). The second-order valence-corrected chi connectivity index (χ2v) is 6.18. The maximum Gasteiger partial charge on any atom is 0.315 e. The molecule has 1 saturated carbocycles. The number of halogens is 1. The molecule has 1 atom stereocenters. The number of rotatable bonds is 5. The Balaban J connectivity index is 1.66. The average molecular weight is 327 g/mol. The number of hydrogen-bond acceptors (Lipinski definition) is 3. The largest absolute Gasteiger partial charge is 0.489 e. The Hall–Kier alpha value is -1.46. The van der Waals surface area contributed by atoms with E-state index in [9.17, 15) is 9.90 Å². The van der Waals surface area contributed by atoms with Gasteiger partial charge in [-0.15, -0.1) is 0 Å². The number of aliphatic hydroxyl groups excluding tert-OH is 1. The molecule has 1 fully saturated rings. The van der Waals surface area contributed by atoms with Crippen LogP contribution in [-0.2, 0) is 0 Å². The van der Waals surface area contributed by atoms with Crippen LogP contribution >= 0.6 is 11.6 Å². The molecular formula is C16H23ClN2O3. The van der Waals surface area contributed by atoms with E-state index >= 15 is 0 Å². The van der Waals surface area contributed by atoms with Crippen molar-refractivity contribution in [1.82, 2.24) is 10.6 Å². The molecule has 0 radical (unpaired) electrons. The lowest BCUT2D eigenvalue weighted by atomic mass is 9.93. The molecule has 2 amide bonds. The zero-order chi connectivity index (χ0) is 15.9. The normalized spacial score (nSPS) is 22.7. The minimum atomic E-state index is -0.214. The number of benzene rings is 1. The monoisotopic (exact) mass is 326 g/mol. The second kappa shape index (κ2) is 8.25.